The molecule has 4 rings (SSSR count). The first kappa shape index (κ1) is 22.9. The number of nitrogens with one attached hydrogen (secondary N) is 1. The van der Waals surface area contributed by atoms with Crippen LogP contribution in [0.1, 0.15) is 52.7 Å². The number of rotatable bonds is 4. The molecule has 0 bridgehead atoms. The monoisotopic (exact) mass is 433 g/mol. The quantitative estimate of drug-likeness (QED) is 0.338. The number of anilines is 2. The third-order valence-corrected chi connectivity index (χ3v) is 6.17. The molecule has 0 atom stereocenters. The SMILES string of the molecule is CC(C)(C)c1cccc(Nc2c(-c3ccccc3)cc(C(C)(C)C)cc2-c2ccccc2)c1. The Hall–Kier alpha value is -3.32. The van der Waals surface area contributed by atoms with Gasteiger partial charge in [0.2, 0.25) is 0 Å². The van der Waals surface area contributed by atoms with E-state index in [4.69, 9.17) is 0 Å². The topological polar surface area (TPSA) is 12.0 Å². The normalized spacial score (nSPS) is 11.9. The second kappa shape index (κ2) is 8.90. The summed E-state index contributed by atoms with van der Waals surface area (Å²) >= 11 is 0. The van der Waals surface area contributed by atoms with Crippen molar-refractivity contribution in [3.63, 3.8) is 0 Å². The minimum absolute atomic E-state index is 0.0394. The minimum Gasteiger partial charge on any atom is -0.355 e. The van der Waals surface area contributed by atoms with Gasteiger partial charge in [-0.1, -0.05) is 114 Å². The van der Waals surface area contributed by atoms with Gasteiger partial charge in [-0.2, -0.15) is 0 Å². The molecule has 0 aliphatic rings. The fourth-order valence-electron chi connectivity index (χ4n) is 4.11. The van der Waals surface area contributed by atoms with Gasteiger partial charge in [0, 0.05) is 16.8 Å². The van der Waals surface area contributed by atoms with E-state index in [0.717, 1.165) is 11.4 Å². The lowest BCUT2D eigenvalue weighted by Gasteiger charge is -2.26. The van der Waals surface area contributed by atoms with Crippen LogP contribution >= 0.6 is 0 Å². The molecule has 168 valence electrons. The Balaban J connectivity index is 1.98. The summed E-state index contributed by atoms with van der Waals surface area (Å²) in [4.78, 5) is 0. The lowest BCUT2D eigenvalue weighted by molar-refractivity contribution is 0.590. The Labute approximate surface area is 199 Å². The summed E-state index contributed by atoms with van der Waals surface area (Å²) in [6.45, 7) is 13.6. The third kappa shape index (κ3) is 5.20. The minimum atomic E-state index is 0.0394. The van der Waals surface area contributed by atoms with Crippen molar-refractivity contribution in [3.05, 3.63) is 108 Å². The van der Waals surface area contributed by atoms with Crippen molar-refractivity contribution < 1.29 is 0 Å². The lowest BCUT2D eigenvalue weighted by Crippen LogP contribution is -2.13. The van der Waals surface area contributed by atoms with Gasteiger partial charge in [0.05, 0.1) is 5.69 Å². The third-order valence-electron chi connectivity index (χ3n) is 6.17. The first-order valence-electron chi connectivity index (χ1n) is 11.8. The van der Waals surface area contributed by atoms with Gasteiger partial charge in [-0.05, 0) is 57.3 Å². The summed E-state index contributed by atoms with van der Waals surface area (Å²) in [6, 6.07) is 35.0. The van der Waals surface area contributed by atoms with Crippen LogP contribution in [-0.2, 0) is 10.8 Å². The zero-order chi connectivity index (χ0) is 23.6. The van der Waals surface area contributed by atoms with Crippen molar-refractivity contribution in [3.8, 4) is 22.3 Å². The largest absolute Gasteiger partial charge is 0.355 e. The maximum atomic E-state index is 3.83. The van der Waals surface area contributed by atoms with Gasteiger partial charge in [-0.25, -0.2) is 0 Å². The van der Waals surface area contributed by atoms with Crippen LogP contribution in [0.2, 0.25) is 0 Å². The molecule has 1 heteroatoms. The van der Waals surface area contributed by atoms with E-state index >= 15 is 0 Å². The Kier molecular flexibility index (Phi) is 6.17. The van der Waals surface area contributed by atoms with Gasteiger partial charge in [-0.3, -0.25) is 0 Å². The number of hydrogen-bond acceptors (Lipinski definition) is 1. The molecular weight excluding hydrogens is 398 g/mol. The van der Waals surface area contributed by atoms with Crippen molar-refractivity contribution >= 4 is 11.4 Å². The van der Waals surface area contributed by atoms with Crippen LogP contribution in [0.4, 0.5) is 11.4 Å². The van der Waals surface area contributed by atoms with Crippen molar-refractivity contribution in [1.82, 2.24) is 0 Å². The van der Waals surface area contributed by atoms with Crippen molar-refractivity contribution in [2.24, 2.45) is 0 Å². The van der Waals surface area contributed by atoms with Crippen LogP contribution in [0, 0.1) is 0 Å². The Bertz CT molecular complexity index is 1160. The van der Waals surface area contributed by atoms with Crippen LogP contribution in [-0.4, -0.2) is 0 Å². The average molecular weight is 434 g/mol. The molecule has 1 N–H and O–H groups in total. The first-order valence-corrected chi connectivity index (χ1v) is 11.8. The summed E-state index contributed by atoms with van der Waals surface area (Å²) in [6.07, 6.45) is 0. The lowest BCUT2D eigenvalue weighted by atomic mass is 9.82. The molecule has 0 aliphatic carbocycles. The van der Waals surface area contributed by atoms with Crippen molar-refractivity contribution in [1.29, 1.82) is 0 Å². The summed E-state index contributed by atoms with van der Waals surface area (Å²) < 4.78 is 0. The summed E-state index contributed by atoms with van der Waals surface area (Å²) in [5.41, 5.74) is 9.93. The zero-order valence-electron chi connectivity index (χ0n) is 20.7. The van der Waals surface area contributed by atoms with E-state index in [0.29, 0.717) is 0 Å². The smallest absolute Gasteiger partial charge is 0.0543 e. The summed E-state index contributed by atoms with van der Waals surface area (Å²) in [7, 11) is 0. The molecule has 0 aromatic heterocycles. The second-order valence-electron chi connectivity index (χ2n) is 10.9. The van der Waals surface area contributed by atoms with E-state index in [1.165, 1.54) is 33.4 Å². The predicted octanol–water partition coefficient (Wildman–Crippen LogP) is 9.36. The van der Waals surface area contributed by atoms with Crippen LogP contribution in [0.5, 0.6) is 0 Å². The highest BCUT2D eigenvalue weighted by Gasteiger charge is 2.21. The van der Waals surface area contributed by atoms with Crippen LogP contribution in [0.3, 0.4) is 0 Å². The average Bonchev–Trinajstić information content (AvgIpc) is 2.79. The molecule has 0 amide bonds. The molecule has 0 aliphatic heterocycles. The number of hydrogen-bond donors (Lipinski definition) is 1. The molecule has 33 heavy (non-hydrogen) atoms. The van der Waals surface area contributed by atoms with E-state index < -0.39 is 0 Å². The van der Waals surface area contributed by atoms with Crippen molar-refractivity contribution in [2.45, 2.75) is 52.4 Å². The molecule has 0 unspecified atom stereocenters. The van der Waals surface area contributed by atoms with E-state index in [-0.39, 0.29) is 10.8 Å². The van der Waals surface area contributed by atoms with E-state index in [2.05, 4.69) is 144 Å². The molecule has 0 heterocycles. The molecule has 0 radical (unpaired) electrons. The highest BCUT2D eigenvalue weighted by molar-refractivity contribution is 5.93. The van der Waals surface area contributed by atoms with Crippen LogP contribution < -0.4 is 5.32 Å². The highest BCUT2D eigenvalue weighted by Crippen LogP contribution is 2.42. The Morgan fingerprint density at radius 3 is 1.42 bits per heavy atom. The molecule has 0 saturated carbocycles. The fraction of sp³-hybridized carbons (Fsp3) is 0.250. The van der Waals surface area contributed by atoms with Gasteiger partial charge in [0.15, 0.2) is 0 Å². The predicted molar refractivity (Wildman–Crippen MR) is 144 cm³/mol. The molecule has 0 saturated heterocycles. The van der Waals surface area contributed by atoms with Crippen LogP contribution in [0.25, 0.3) is 22.3 Å². The maximum absolute atomic E-state index is 3.83. The fourth-order valence-corrected chi connectivity index (χ4v) is 4.11. The first-order chi connectivity index (χ1) is 15.6. The molecule has 4 aromatic carbocycles. The van der Waals surface area contributed by atoms with Gasteiger partial charge < -0.3 is 5.32 Å². The van der Waals surface area contributed by atoms with Gasteiger partial charge in [0.1, 0.15) is 0 Å². The summed E-state index contributed by atoms with van der Waals surface area (Å²) in [5.74, 6) is 0. The van der Waals surface area contributed by atoms with Gasteiger partial charge in [0.25, 0.3) is 0 Å². The molecule has 0 spiro atoms. The van der Waals surface area contributed by atoms with Gasteiger partial charge >= 0.3 is 0 Å². The molecular formula is C32H35N. The highest BCUT2D eigenvalue weighted by atomic mass is 14.9. The Morgan fingerprint density at radius 2 is 0.970 bits per heavy atom. The Morgan fingerprint density at radius 1 is 0.485 bits per heavy atom. The van der Waals surface area contributed by atoms with E-state index in [9.17, 15) is 0 Å². The van der Waals surface area contributed by atoms with E-state index in [1.54, 1.807) is 0 Å². The van der Waals surface area contributed by atoms with Crippen molar-refractivity contribution in [2.75, 3.05) is 5.32 Å². The van der Waals surface area contributed by atoms with E-state index in [1.807, 2.05) is 0 Å². The molecule has 0 fully saturated rings. The number of benzene rings is 4. The molecule has 4 aromatic rings. The van der Waals surface area contributed by atoms with Gasteiger partial charge in [-0.15, -0.1) is 0 Å². The maximum Gasteiger partial charge on any atom is 0.0543 e. The standard InChI is InChI=1S/C32H35N/c1-31(2,3)25-18-13-19-27(20-25)33-30-28(23-14-9-7-10-15-23)21-26(32(4,5)6)22-29(30)24-16-11-8-12-17-24/h7-22,33H,1-6H3. The summed E-state index contributed by atoms with van der Waals surface area (Å²) in [5, 5.41) is 3.83. The second-order valence-corrected chi connectivity index (χ2v) is 10.9. The zero-order valence-corrected chi connectivity index (χ0v) is 20.7. The molecule has 1 nitrogen and oxygen atoms in total. The van der Waals surface area contributed by atoms with Crippen LogP contribution in [0.15, 0.2) is 97.1 Å².